The molecular formula is C12H18N2O. The van der Waals surface area contributed by atoms with Gasteiger partial charge in [0.2, 0.25) is 0 Å². The van der Waals surface area contributed by atoms with Gasteiger partial charge in [-0.1, -0.05) is 12.8 Å². The van der Waals surface area contributed by atoms with Crippen LogP contribution in [0.15, 0.2) is 24.5 Å². The van der Waals surface area contributed by atoms with Gasteiger partial charge in [0, 0.05) is 19.5 Å². The lowest BCUT2D eigenvalue weighted by atomic mass is 9.92. The third-order valence-electron chi connectivity index (χ3n) is 3.02. The van der Waals surface area contributed by atoms with Crippen LogP contribution in [0.2, 0.25) is 0 Å². The molecule has 1 N–H and O–H groups in total. The summed E-state index contributed by atoms with van der Waals surface area (Å²) in [7, 11) is 1.80. The van der Waals surface area contributed by atoms with E-state index in [1.807, 2.05) is 18.3 Å². The van der Waals surface area contributed by atoms with Gasteiger partial charge in [0.25, 0.3) is 0 Å². The molecule has 15 heavy (non-hydrogen) atoms. The summed E-state index contributed by atoms with van der Waals surface area (Å²) in [5, 5.41) is 3.49. The van der Waals surface area contributed by atoms with Gasteiger partial charge in [0.1, 0.15) is 0 Å². The molecule has 3 heteroatoms. The van der Waals surface area contributed by atoms with Crippen molar-refractivity contribution in [1.82, 2.24) is 4.98 Å². The zero-order chi connectivity index (χ0) is 10.5. The lowest BCUT2D eigenvalue weighted by Crippen LogP contribution is -2.37. The molecule has 1 saturated carbocycles. The van der Waals surface area contributed by atoms with E-state index in [1.54, 1.807) is 13.3 Å². The van der Waals surface area contributed by atoms with E-state index in [-0.39, 0.29) is 0 Å². The van der Waals surface area contributed by atoms with E-state index in [9.17, 15) is 0 Å². The van der Waals surface area contributed by atoms with Gasteiger partial charge in [0.15, 0.2) is 0 Å². The third kappa shape index (κ3) is 2.69. The summed E-state index contributed by atoms with van der Waals surface area (Å²) in [6, 6.07) is 4.44. The fraction of sp³-hybridized carbons (Fsp3) is 0.583. The number of hydrogen-bond acceptors (Lipinski definition) is 3. The summed E-state index contributed by atoms with van der Waals surface area (Å²) >= 11 is 0. The highest BCUT2D eigenvalue weighted by molar-refractivity contribution is 5.41. The summed E-state index contributed by atoms with van der Waals surface area (Å²) in [5.41, 5.74) is 1.09. The van der Waals surface area contributed by atoms with Gasteiger partial charge in [-0.05, 0) is 25.0 Å². The van der Waals surface area contributed by atoms with Crippen molar-refractivity contribution in [1.29, 1.82) is 0 Å². The zero-order valence-electron chi connectivity index (χ0n) is 9.15. The van der Waals surface area contributed by atoms with Crippen LogP contribution < -0.4 is 5.32 Å². The monoisotopic (exact) mass is 206 g/mol. The third-order valence-corrected chi connectivity index (χ3v) is 3.02. The topological polar surface area (TPSA) is 34.1 Å². The average Bonchev–Trinajstić information content (AvgIpc) is 2.31. The quantitative estimate of drug-likeness (QED) is 0.824. The van der Waals surface area contributed by atoms with Gasteiger partial charge >= 0.3 is 0 Å². The van der Waals surface area contributed by atoms with E-state index in [4.69, 9.17) is 4.74 Å². The Balaban J connectivity index is 1.97. The van der Waals surface area contributed by atoms with E-state index in [1.165, 1.54) is 19.3 Å². The summed E-state index contributed by atoms with van der Waals surface area (Å²) in [5.74, 6) is 0. The highest BCUT2D eigenvalue weighted by Gasteiger charge is 2.24. The van der Waals surface area contributed by atoms with Gasteiger partial charge in [-0.3, -0.25) is 4.98 Å². The minimum atomic E-state index is 0.346. The molecule has 1 aromatic heterocycles. The Labute approximate surface area is 90.9 Å². The number of hydrogen-bond donors (Lipinski definition) is 1. The molecule has 0 aromatic carbocycles. The molecule has 1 aromatic rings. The Bertz CT molecular complexity index is 289. The van der Waals surface area contributed by atoms with Crippen LogP contribution in [-0.2, 0) is 4.74 Å². The molecule has 0 saturated heterocycles. The number of anilines is 1. The lowest BCUT2D eigenvalue weighted by Gasteiger charge is -2.31. The van der Waals surface area contributed by atoms with Gasteiger partial charge < -0.3 is 10.1 Å². The van der Waals surface area contributed by atoms with Crippen molar-refractivity contribution in [3.8, 4) is 0 Å². The Morgan fingerprint density at radius 1 is 1.40 bits per heavy atom. The maximum atomic E-state index is 5.49. The molecule has 2 atom stereocenters. The van der Waals surface area contributed by atoms with Crippen LogP contribution in [0.4, 0.5) is 5.69 Å². The van der Waals surface area contributed by atoms with E-state index < -0.39 is 0 Å². The van der Waals surface area contributed by atoms with Gasteiger partial charge in [0.05, 0.1) is 17.8 Å². The second-order valence-electron chi connectivity index (χ2n) is 4.05. The van der Waals surface area contributed by atoms with E-state index in [0.29, 0.717) is 12.1 Å². The van der Waals surface area contributed by atoms with Crippen molar-refractivity contribution in [2.45, 2.75) is 37.8 Å². The standard InChI is InChI=1S/C12H18N2O/c1-15-12-7-3-2-6-11(12)14-10-5-4-8-13-9-10/h4-5,8-9,11-12,14H,2-3,6-7H2,1H3. The number of rotatable bonds is 3. The van der Waals surface area contributed by atoms with Crippen molar-refractivity contribution >= 4 is 5.69 Å². The molecule has 0 bridgehead atoms. The zero-order valence-corrected chi connectivity index (χ0v) is 9.15. The number of nitrogens with zero attached hydrogens (tertiary/aromatic N) is 1. The molecule has 0 radical (unpaired) electrons. The molecule has 82 valence electrons. The molecule has 1 heterocycles. The number of aromatic nitrogens is 1. The lowest BCUT2D eigenvalue weighted by molar-refractivity contribution is 0.0606. The largest absolute Gasteiger partial charge is 0.379 e. The van der Waals surface area contributed by atoms with Crippen molar-refractivity contribution in [3.63, 3.8) is 0 Å². The van der Waals surface area contributed by atoms with Crippen molar-refractivity contribution in [2.75, 3.05) is 12.4 Å². The van der Waals surface area contributed by atoms with Gasteiger partial charge in [-0.2, -0.15) is 0 Å². The Morgan fingerprint density at radius 2 is 2.27 bits per heavy atom. The minimum absolute atomic E-state index is 0.346. The van der Waals surface area contributed by atoms with E-state index in [2.05, 4.69) is 10.3 Å². The molecule has 2 unspecified atom stereocenters. The first-order valence-electron chi connectivity index (χ1n) is 5.59. The molecule has 0 aliphatic heterocycles. The highest BCUT2D eigenvalue weighted by Crippen LogP contribution is 2.23. The first-order valence-corrected chi connectivity index (χ1v) is 5.59. The van der Waals surface area contributed by atoms with Crippen LogP contribution in [0.5, 0.6) is 0 Å². The minimum Gasteiger partial charge on any atom is -0.379 e. The maximum Gasteiger partial charge on any atom is 0.0772 e. The average molecular weight is 206 g/mol. The van der Waals surface area contributed by atoms with E-state index >= 15 is 0 Å². The Kier molecular flexibility index (Phi) is 3.56. The van der Waals surface area contributed by atoms with Gasteiger partial charge in [-0.15, -0.1) is 0 Å². The Morgan fingerprint density at radius 3 is 3.00 bits per heavy atom. The normalized spacial score (nSPS) is 26.2. The fourth-order valence-electron chi connectivity index (χ4n) is 2.21. The smallest absolute Gasteiger partial charge is 0.0772 e. The first-order chi connectivity index (χ1) is 7.40. The van der Waals surface area contributed by atoms with Crippen molar-refractivity contribution in [2.24, 2.45) is 0 Å². The second kappa shape index (κ2) is 5.12. The predicted molar refractivity (Wildman–Crippen MR) is 60.9 cm³/mol. The summed E-state index contributed by atoms with van der Waals surface area (Å²) in [6.45, 7) is 0. The van der Waals surface area contributed by atoms with Crippen LogP contribution in [0.1, 0.15) is 25.7 Å². The number of methoxy groups -OCH3 is 1. The number of ether oxygens (including phenoxy) is 1. The van der Waals surface area contributed by atoms with Crippen molar-refractivity contribution < 1.29 is 4.74 Å². The molecule has 1 aliphatic carbocycles. The molecule has 3 nitrogen and oxygen atoms in total. The van der Waals surface area contributed by atoms with Gasteiger partial charge in [-0.25, -0.2) is 0 Å². The molecule has 0 amide bonds. The van der Waals surface area contributed by atoms with Crippen LogP contribution in [-0.4, -0.2) is 24.2 Å². The van der Waals surface area contributed by atoms with Crippen LogP contribution >= 0.6 is 0 Å². The fourth-order valence-corrected chi connectivity index (χ4v) is 2.21. The molecule has 1 aliphatic rings. The first kappa shape index (κ1) is 10.4. The Hall–Kier alpha value is -1.09. The molecule has 0 spiro atoms. The summed E-state index contributed by atoms with van der Waals surface area (Å²) in [4.78, 5) is 4.10. The summed E-state index contributed by atoms with van der Waals surface area (Å²) < 4.78 is 5.49. The second-order valence-corrected chi connectivity index (χ2v) is 4.05. The van der Waals surface area contributed by atoms with Crippen LogP contribution in [0.3, 0.4) is 0 Å². The van der Waals surface area contributed by atoms with Crippen LogP contribution in [0.25, 0.3) is 0 Å². The highest BCUT2D eigenvalue weighted by atomic mass is 16.5. The summed E-state index contributed by atoms with van der Waals surface area (Å²) in [6.07, 6.45) is 8.92. The van der Waals surface area contributed by atoms with Crippen molar-refractivity contribution in [3.05, 3.63) is 24.5 Å². The molecule has 1 fully saturated rings. The predicted octanol–water partition coefficient (Wildman–Crippen LogP) is 2.45. The molecular weight excluding hydrogens is 188 g/mol. The van der Waals surface area contributed by atoms with Crippen LogP contribution in [0, 0.1) is 0 Å². The molecule has 2 rings (SSSR count). The maximum absolute atomic E-state index is 5.49. The van der Waals surface area contributed by atoms with E-state index in [0.717, 1.165) is 12.1 Å². The SMILES string of the molecule is COC1CCCCC1Nc1cccnc1. The number of pyridine rings is 1. The number of nitrogens with one attached hydrogen (secondary N) is 1.